The highest BCUT2D eigenvalue weighted by Gasteiger charge is 2.21. The van der Waals surface area contributed by atoms with Crippen LogP contribution in [0.1, 0.15) is 31.4 Å². The second-order valence-electron chi connectivity index (χ2n) is 5.57. The van der Waals surface area contributed by atoms with E-state index in [0.29, 0.717) is 6.42 Å². The predicted molar refractivity (Wildman–Crippen MR) is 80.5 cm³/mol. The van der Waals surface area contributed by atoms with Crippen molar-refractivity contribution in [2.75, 3.05) is 7.11 Å². The molecule has 0 saturated heterocycles. The molecule has 0 aliphatic rings. The zero-order chi connectivity index (χ0) is 16.0. The van der Waals surface area contributed by atoms with Gasteiger partial charge in [0.2, 0.25) is 5.91 Å². The number of aliphatic carboxylic acids is 1. The number of carboxylic acids is 1. The van der Waals surface area contributed by atoms with Crippen molar-refractivity contribution in [3.8, 4) is 5.75 Å². The lowest BCUT2D eigenvalue weighted by molar-refractivity contribution is -0.142. The summed E-state index contributed by atoms with van der Waals surface area (Å²) in [5, 5.41) is 11.7. The van der Waals surface area contributed by atoms with Gasteiger partial charge < -0.3 is 15.2 Å². The summed E-state index contributed by atoms with van der Waals surface area (Å²) in [5.41, 5.74) is 1.79. The number of amides is 1. The van der Waals surface area contributed by atoms with Crippen LogP contribution >= 0.6 is 0 Å². The maximum atomic E-state index is 12.0. The Morgan fingerprint density at radius 1 is 1.33 bits per heavy atom. The summed E-state index contributed by atoms with van der Waals surface area (Å²) in [5.74, 6) is -0.379. The number of rotatable bonds is 7. The number of carbonyl (C=O) groups is 2. The molecule has 0 bridgehead atoms. The fraction of sp³-hybridized carbons (Fsp3) is 0.500. The summed E-state index contributed by atoms with van der Waals surface area (Å²) in [6, 6.07) is 4.68. The van der Waals surface area contributed by atoms with Crippen LogP contribution in [0.15, 0.2) is 18.2 Å². The fourth-order valence-electron chi connectivity index (χ4n) is 2.10. The average Bonchev–Trinajstić information content (AvgIpc) is 2.39. The summed E-state index contributed by atoms with van der Waals surface area (Å²) in [6.07, 6.45) is 0.552. The van der Waals surface area contributed by atoms with Crippen molar-refractivity contribution in [3.63, 3.8) is 0 Å². The molecule has 5 heteroatoms. The van der Waals surface area contributed by atoms with Crippen LogP contribution in [0, 0.1) is 12.8 Å². The minimum absolute atomic E-state index is 0.137. The first-order chi connectivity index (χ1) is 9.83. The molecular weight excluding hydrogens is 270 g/mol. The first-order valence-corrected chi connectivity index (χ1v) is 6.99. The summed E-state index contributed by atoms with van der Waals surface area (Å²) in [7, 11) is 1.58. The molecule has 0 spiro atoms. The second kappa shape index (κ2) is 7.67. The molecule has 0 unspecified atom stereocenters. The SMILES string of the molecule is COc1cc(CC(=O)N[C@H](CC(C)C)C(=O)O)ccc1C. The molecule has 21 heavy (non-hydrogen) atoms. The van der Waals surface area contributed by atoms with E-state index in [-0.39, 0.29) is 18.2 Å². The van der Waals surface area contributed by atoms with Gasteiger partial charge in [-0.05, 0) is 36.5 Å². The highest BCUT2D eigenvalue weighted by atomic mass is 16.5. The zero-order valence-electron chi connectivity index (χ0n) is 13.0. The van der Waals surface area contributed by atoms with Gasteiger partial charge in [0.25, 0.3) is 0 Å². The molecule has 0 aliphatic heterocycles. The monoisotopic (exact) mass is 293 g/mol. The van der Waals surface area contributed by atoms with E-state index in [2.05, 4.69) is 5.32 Å². The van der Waals surface area contributed by atoms with E-state index >= 15 is 0 Å². The van der Waals surface area contributed by atoms with E-state index < -0.39 is 12.0 Å². The molecule has 1 aromatic carbocycles. The molecule has 0 radical (unpaired) electrons. The van der Waals surface area contributed by atoms with Crippen LogP contribution in [-0.2, 0) is 16.0 Å². The predicted octanol–water partition coefficient (Wildman–Crippen LogP) is 2.16. The van der Waals surface area contributed by atoms with Crippen LogP contribution in [0.2, 0.25) is 0 Å². The molecule has 1 aromatic rings. The van der Waals surface area contributed by atoms with E-state index in [1.807, 2.05) is 32.9 Å². The van der Waals surface area contributed by atoms with E-state index in [4.69, 9.17) is 9.84 Å². The van der Waals surface area contributed by atoms with Gasteiger partial charge >= 0.3 is 5.97 Å². The van der Waals surface area contributed by atoms with Crippen LogP contribution in [0.25, 0.3) is 0 Å². The van der Waals surface area contributed by atoms with E-state index in [1.165, 1.54) is 0 Å². The number of carbonyl (C=O) groups excluding carboxylic acids is 1. The van der Waals surface area contributed by atoms with Gasteiger partial charge in [0.1, 0.15) is 11.8 Å². The zero-order valence-corrected chi connectivity index (χ0v) is 13.0. The van der Waals surface area contributed by atoms with Crippen LogP contribution in [0.5, 0.6) is 5.75 Å². The molecule has 116 valence electrons. The van der Waals surface area contributed by atoms with Crippen molar-refractivity contribution in [3.05, 3.63) is 29.3 Å². The number of carboxylic acid groups (broad SMARTS) is 1. The summed E-state index contributed by atoms with van der Waals surface area (Å²) < 4.78 is 5.21. The number of aryl methyl sites for hydroxylation is 1. The lowest BCUT2D eigenvalue weighted by Gasteiger charge is -2.16. The van der Waals surface area contributed by atoms with Crippen molar-refractivity contribution < 1.29 is 19.4 Å². The van der Waals surface area contributed by atoms with Crippen molar-refractivity contribution in [2.24, 2.45) is 5.92 Å². The van der Waals surface area contributed by atoms with Crippen LogP contribution in [0.3, 0.4) is 0 Å². The lowest BCUT2D eigenvalue weighted by atomic mass is 10.0. The Labute approximate surface area is 125 Å². The number of hydrogen-bond donors (Lipinski definition) is 2. The van der Waals surface area contributed by atoms with Crippen molar-refractivity contribution in [2.45, 2.75) is 39.7 Å². The minimum atomic E-state index is -1.00. The minimum Gasteiger partial charge on any atom is -0.496 e. The molecule has 0 fully saturated rings. The van der Waals surface area contributed by atoms with Gasteiger partial charge in [-0.1, -0.05) is 26.0 Å². The molecule has 0 aliphatic carbocycles. The quantitative estimate of drug-likeness (QED) is 0.808. The van der Waals surface area contributed by atoms with Crippen LogP contribution < -0.4 is 10.1 Å². The molecule has 0 aromatic heterocycles. The van der Waals surface area contributed by atoms with Gasteiger partial charge in [0.15, 0.2) is 0 Å². The molecule has 5 nitrogen and oxygen atoms in total. The topological polar surface area (TPSA) is 75.6 Å². The molecule has 1 atom stereocenters. The molecule has 0 heterocycles. The maximum Gasteiger partial charge on any atom is 0.326 e. The lowest BCUT2D eigenvalue weighted by Crippen LogP contribution is -2.42. The molecular formula is C16H23NO4. The Bertz CT molecular complexity index is 511. The Morgan fingerprint density at radius 3 is 2.52 bits per heavy atom. The summed E-state index contributed by atoms with van der Waals surface area (Å²) in [6.45, 7) is 5.77. The fourth-order valence-corrected chi connectivity index (χ4v) is 2.10. The van der Waals surface area contributed by atoms with E-state index in [0.717, 1.165) is 16.9 Å². The largest absolute Gasteiger partial charge is 0.496 e. The number of hydrogen-bond acceptors (Lipinski definition) is 3. The number of ether oxygens (including phenoxy) is 1. The van der Waals surface area contributed by atoms with Gasteiger partial charge in [-0.25, -0.2) is 4.79 Å². The Morgan fingerprint density at radius 2 is 2.00 bits per heavy atom. The van der Waals surface area contributed by atoms with Crippen molar-refractivity contribution >= 4 is 11.9 Å². The van der Waals surface area contributed by atoms with Gasteiger partial charge in [0.05, 0.1) is 13.5 Å². The van der Waals surface area contributed by atoms with Gasteiger partial charge in [0, 0.05) is 0 Å². The summed E-state index contributed by atoms with van der Waals surface area (Å²) >= 11 is 0. The van der Waals surface area contributed by atoms with Crippen molar-refractivity contribution in [1.29, 1.82) is 0 Å². The Hall–Kier alpha value is -2.04. The third-order valence-corrected chi connectivity index (χ3v) is 3.18. The first kappa shape index (κ1) is 17.0. The van der Waals surface area contributed by atoms with E-state index in [9.17, 15) is 9.59 Å². The summed E-state index contributed by atoms with van der Waals surface area (Å²) in [4.78, 5) is 23.1. The average molecular weight is 293 g/mol. The first-order valence-electron chi connectivity index (χ1n) is 6.99. The third kappa shape index (κ3) is 5.45. The van der Waals surface area contributed by atoms with Crippen LogP contribution in [-0.4, -0.2) is 30.1 Å². The highest BCUT2D eigenvalue weighted by molar-refractivity contribution is 5.84. The smallest absolute Gasteiger partial charge is 0.326 e. The highest BCUT2D eigenvalue weighted by Crippen LogP contribution is 2.19. The second-order valence-corrected chi connectivity index (χ2v) is 5.57. The Balaban J connectivity index is 2.69. The third-order valence-electron chi connectivity index (χ3n) is 3.18. The molecule has 2 N–H and O–H groups in total. The van der Waals surface area contributed by atoms with Gasteiger partial charge in [-0.2, -0.15) is 0 Å². The van der Waals surface area contributed by atoms with Crippen molar-refractivity contribution in [1.82, 2.24) is 5.32 Å². The molecule has 0 saturated carbocycles. The van der Waals surface area contributed by atoms with Gasteiger partial charge in [-0.15, -0.1) is 0 Å². The molecule has 1 amide bonds. The normalized spacial score (nSPS) is 12.0. The van der Waals surface area contributed by atoms with Gasteiger partial charge in [-0.3, -0.25) is 4.79 Å². The number of nitrogens with one attached hydrogen (secondary N) is 1. The number of benzene rings is 1. The standard InChI is InChI=1S/C16H23NO4/c1-10(2)7-13(16(19)20)17-15(18)9-12-6-5-11(3)14(8-12)21-4/h5-6,8,10,13H,7,9H2,1-4H3,(H,17,18)(H,19,20)/t13-/m1/s1. The molecule has 1 rings (SSSR count). The van der Waals surface area contributed by atoms with Crippen LogP contribution in [0.4, 0.5) is 0 Å². The van der Waals surface area contributed by atoms with E-state index in [1.54, 1.807) is 13.2 Å². The Kier molecular flexibility index (Phi) is 6.21. The maximum absolute atomic E-state index is 12.0. The number of methoxy groups -OCH3 is 1.